The third-order valence-corrected chi connectivity index (χ3v) is 5.50. The number of nitrogens with two attached hydrogens (primary N) is 1. The molecule has 1 aliphatic rings. The molecule has 152 valence electrons. The molecule has 0 saturated heterocycles. The lowest BCUT2D eigenvalue weighted by atomic mass is 10.1. The van der Waals surface area contributed by atoms with E-state index in [0.717, 1.165) is 9.13 Å². The molecule has 0 saturated carbocycles. The number of halogens is 2. The van der Waals surface area contributed by atoms with Gasteiger partial charge in [-0.3, -0.25) is 4.79 Å². The third kappa shape index (κ3) is 3.91. The zero-order chi connectivity index (χ0) is 20.5. The van der Waals surface area contributed by atoms with Crippen molar-refractivity contribution in [2.24, 2.45) is 0 Å². The summed E-state index contributed by atoms with van der Waals surface area (Å²) >= 11 is 2.22. The minimum Gasteiger partial charge on any atom is -0.454 e. The molecule has 0 fully saturated rings. The number of aromatic nitrogens is 4. The van der Waals surface area contributed by atoms with E-state index in [9.17, 15) is 9.18 Å². The number of rotatable bonds is 6. The molecule has 0 bridgehead atoms. The second-order valence-corrected chi connectivity index (χ2v) is 7.57. The number of fused-ring (bicyclic) bond motifs is 2. The topological polar surface area (TPSA) is 117 Å². The van der Waals surface area contributed by atoms with Gasteiger partial charge in [-0.2, -0.15) is 14.4 Å². The number of benzene rings is 1. The summed E-state index contributed by atoms with van der Waals surface area (Å²) in [6.45, 7) is 2.86. The Morgan fingerprint density at radius 1 is 1.31 bits per heavy atom. The van der Waals surface area contributed by atoms with Crippen molar-refractivity contribution in [3.8, 4) is 11.5 Å². The summed E-state index contributed by atoms with van der Waals surface area (Å²) in [5.74, 6) is 1.81. The van der Waals surface area contributed by atoms with Gasteiger partial charge in [-0.25, -0.2) is 4.98 Å². The SMILES string of the molecule is CCNC(=O)CCn1c(Cc2cc3c(cc2I)OCO3)nc2c(N)nc(F)nc21. The molecule has 3 aromatic rings. The second kappa shape index (κ2) is 7.97. The van der Waals surface area contributed by atoms with Crippen LogP contribution in [0.15, 0.2) is 12.1 Å². The predicted octanol–water partition coefficient (Wildman–Crippen LogP) is 2.00. The van der Waals surface area contributed by atoms with Gasteiger partial charge in [-0.05, 0) is 47.2 Å². The van der Waals surface area contributed by atoms with E-state index in [1.807, 2.05) is 19.1 Å². The van der Waals surface area contributed by atoms with E-state index in [1.54, 1.807) is 4.57 Å². The summed E-state index contributed by atoms with van der Waals surface area (Å²) in [7, 11) is 0. The van der Waals surface area contributed by atoms with Crippen LogP contribution in [0, 0.1) is 9.65 Å². The van der Waals surface area contributed by atoms with Crippen LogP contribution in [0.1, 0.15) is 24.7 Å². The van der Waals surface area contributed by atoms with Gasteiger partial charge in [-0.15, -0.1) is 0 Å². The molecule has 11 heteroatoms. The average Bonchev–Trinajstić information content (AvgIpc) is 3.25. The molecule has 2 aromatic heterocycles. The largest absolute Gasteiger partial charge is 0.454 e. The van der Waals surface area contributed by atoms with Gasteiger partial charge >= 0.3 is 6.08 Å². The molecule has 1 aromatic carbocycles. The Morgan fingerprint density at radius 3 is 2.83 bits per heavy atom. The summed E-state index contributed by atoms with van der Waals surface area (Å²) in [6.07, 6.45) is -0.309. The van der Waals surface area contributed by atoms with Crippen LogP contribution in [0.3, 0.4) is 0 Å². The van der Waals surface area contributed by atoms with Gasteiger partial charge in [0, 0.05) is 29.5 Å². The number of nitrogen functional groups attached to an aromatic ring is 1. The van der Waals surface area contributed by atoms with Crippen LogP contribution in [-0.4, -0.2) is 38.8 Å². The van der Waals surface area contributed by atoms with Gasteiger partial charge in [0.05, 0.1) is 0 Å². The number of nitrogens with one attached hydrogen (secondary N) is 1. The van der Waals surface area contributed by atoms with Crippen LogP contribution < -0.4 is 20.5 Å². The highest BCUT2D eigenvalue weighted by molar-refractivity contribution is 14.1. The first-order valence-electron chi connectivity index (χ1n) is 8.99. The molecule has 0 spiro atoms. The van der Waals surface area contributed by atoms with E-state index in [0.29, 0.717) is 35.8 Å². The minimum atomic E-state index is -0.932. The van der Waals surface area contributed by atoms with Crippen molar-refractivity contribution in [3.63, 3.8) is 0 Å². The molecule has 1 aliphatic heterocycles. The first kappa shape index (κ1) is 19.6. The Hall–Kier alpha value is -2.70. The lowest BCUT2D eigenvalue weighted by Crippen LogP contribution is -2.24. The standard InChI is InChI=1S/C18H18FIN6O3/c1-2-22-14(27)3-4-26-13(23-15-16(21)24-18(19)25-17(15)26)6-9-5-11-12(7-10(9)20)29-8-28-11/h5,7H,2-4,6,8H2,1H3,(H,22,27)(H2,21,24,25). The summed E-state index contributed by atoms with van der Waals surface area (Å²) in [6, 6.07) is 3.79. The Kier molecular flexibility index (Phi) is 5.39. The average molecular weight is 512 g/mol. The smallest absolute Gasteiger partial charge is 0.312 e. The van der Waals surface area contributed by atoms with Crippen LogP contribution in [0.2, 0.25) is 0 Å². The van der Waals surface area contributed by atoms with Crippen molar-refractivity contribution >= 4 is 45.5 Å². The molecule has 29 heavy (non-hydrogen) atoms. The Morgan fingerprint density at radius 2 is 2.07 bits per heavy atom. The fourth-order valence-electron chi connectivity index (χ4n) is 3.17. The zero-order valence-corrected chi connectivity index (χ0v) is 17.7. The quantitative estimate of drug-likeness (QED) is 0.383. The Labute approximate surface area is 179 Å². The lowest BCUT2D eigenvalue weighted by Gasteiger charge is -2.10. The molecule has 0 unspecified atom stereocenters. The summed E-state index contributed by atoms with van der Waals surface area (Å²) in [5.41, 5.74) is 7.39. The molecule has 1 amide bonds. The normalized spacial score (nSPS) is 12.5. The number of imidazole rings is 1. The highest BCUT2D eigenvalue weighted by Crippen LogP contribution is 2.36. The predicted molar refractivity (Wildman–Crippen MR) is 111 cm³/mol. The maximum atomic E-state index is 13.8. The van der Waals surface area contributed by atoms with E-state index >= 15 is 0 Å². The summed E-state index contributed by atoms with van der Waals surface area (Å²) < 4.78 is 27.3. The van der Waals surface area contributed by atoms with Crippen LogP contribution in [0.25, 0.3) is 11.2 Å². The molecular formula is C18H18FIN6O3. The Balaban J connectivity index is 1.74. The fraction of sp³-hybridized carbons (Fsp3) is 0.333. The number of nitrogens with zero attached hydrogens (tertiary/aromatic N) is 4. The lowest BCUT2D eigenvalue weighted by molar-refractivity contribution is -0.121. The zero-order valence-electron chi connectivity index (χ0n) is 15.5. The van der Waals surface area contributed by atoms with Gasteiger partial charge in [0.15, 0.2) is 28.5 Å². The number of hydrogen-bond acceptors (Lipinski definition) is 7. The van der Waals surface area contributed by atoms with E-state index in [-0.39, 0.29) is 37.1 Å². The number of ether oxygens (including phenoxy) is 2. The van der Waals surface area contributed by atoms with Crippen molar-refractivity contribution in [2.75, 3.05) is 19.1 Å². The van der Waals surface area contributed by atoms with Crippen molar-refractivity contribution in [1.82, 2.24) is 24.8 Å². The number of aryl methyl sites for hydroxylation is 1. The van der Waals surface area contributed by atoms with Crippen molar-refractivity contribution in [3.05, 3.63) is 33.2 Å². The maximum absolute atomic E-state index is 13.8. The second-order valence-electron chi connectivity index (χ2n) is 6.41. The minimum absolute atomic E-state index is 0.0362. The molecular weight excluding hydrogens is 494 g/mol. The van der Waals surface area contributed by atoms with Crippen LogP contribution in [0.5, 0.6) is 11.5 Å². The molecule has 3 heterocycles. The van der Waals surface area contributed by atoms with Crippen molar-refractivity contribution in [1.29, 1.82) is 0 Å². The van der Waals surface area contributed by atoms with Gasteiger partial charge in [0.1, 0.15) is 5.82 Å². The fourth-order valence-corrected chi connectivity index (χ4v) is 3.80. The summed E-state index contributed by atoms with van der Waals surface area (Å²) in [4.78, 5) is 23.9. The number of carbonyl (C=O) groups excluding carboxylic acids is 1. The van der Waals surface area contributed by atoms with Crippen molar-refractivity contribution < 1.29 is 18.7 Å². The van der Waals surface area contributed by atoms with E-state index in [1.165, 1.54) is 0 Å². The summed E-state index contributed by atoms with van der Waals surface area (Å²) in [5, 5.41) is 2.75. The van der Waals surface area contributed by atoms with Crippen LogP contribution in [-0.2, 0) is 17.8 Å². The number of amides is 1. The number of carbonyl (C=O) groups is 1. The first-order chi connectivity index (χ1) is 14.0. The highest BCUT2D eigenvalue weighted by Gasteiger charge is 2.21. The third-order valence-electron chi connectivity index (χ3n) is 4.50. The first-order valence-corrected chi connectivity index (χ1v) is 10.1. The number of hydrogen-bond donors (Lipinski definition) is 2. The maximum Gasteiger partial charge on any atom is 0.312 e. The highest BCUT2D eigenvalue weighted by atomic mass is 127. The van der Waals surface area contributed by atoms with E-state index in [2.05, 4.69) is 42.9 Å². The molecule has 0 atom stereocenters. The van der Waals surface area contributed by atoms with Gasteiger partial charge in [0.2, 0.25) is 12.7 Å². The molecule has 4 rings (SSSR count). The Bertz CT molecular complexity index is 1100. The van der Waals surface area contributed by atoms with Crippen LogP contribution >= 0.6 is 22.6 Å². The van der Waals surface area contributed by atoms with E-state index in [4.69, 9.17) is 15.2 Å². The molecule has 0 aliphatic carbocycles. The monoisotopic (exact) mass is 512 g/mol. The number of anilines is 1. The molecule has 9 nitrogen and oxygen atoms in total. The molecule has 3 N–H and O–H groups in total. The van der Waals surface area contributed by atoms with Crippen LogP contribution in [0.4, 0.5) is 10.2 Å². The molecule has 0 radical (unpaired) electrons. The van der Waals surface area contributed by atoms with Crippen molar-refractivity contribution in [2.45, 2.75) is 26.3 Å². The van der Waals surface area contributed by atoms with Gasteiger partial charge in [0.25, 0.3) is 0 Å². The van der Waals surface area contributed by atoms with Gasteiger partial charge in [-0.1, -0.05) is 0 Å². The van der Waals surface area contributed by atoms with E-state index < -0.39 is 6.08 Å². The van der Waals surface area contributed by atoms with Gasteiger partial charge < -0.3 is 25.1 Å².